The van der Waals surface area contributed by atoms with Crippen LogP contribution in [0.2, 0.25) is 0 Å². The summed E-state index contributed by atoms with van der Waals surface area (Å²) in [7, 11) is 1.29. The van der Waals surface area contributed by atoms with Gasteiger partial charge in [-0.25, -0.2) is 14.3 Å². The maximum absolute atomic E-state index is 11.0. The lowest BCUT2D eigenvalue weighted by Crippen LogP contribution is -2.26. The number of ether oxygens (including phenoxy) is 3. The first-order valence-electron chi connectivity index (χ1n) is 5.91. The predicted molar refractivity (Wildman–Crippen MR) is 71.6 cm³/mol. The Bertz CT molecular complexity index is 255. The van der Waals surface area contributed by atoms with Gasteiger partial charge in [0.05, 0.1) is 20.3 Å². The number of carbonyl (C=O) groups is 2. The lowest BCUT2D eigenvalue weighted by molar-refractivity contribution is 0.0756. The lowest BCUT2D eigenvalue weighted by atomic mass is 10.5. The first-order chi connectivity index (χ1) is 9.20. The molecule has 8 nitrogen and oxygen atoms in total. The fraction of sp³-hybridized carbons (Fsp3) is 0.800. The van der Waals surface area contributed by atoms with Gasteiger partial charge in [0.2, 0.25) is 0 Å². The van der Waals surface area contributed by atoms with Crippen LogP contribution in [0.1, 0.15) is 13.3 Å². The van der Waals surface area contributed by atoms with Crippen molar-refractivity contribution >= 4 is 24.3 Å². The Morgan fingerprint density at radius 3 is 2.58 bits per heavy atom. The molecule has 0 fully saturated rings. The van der Waals surface area contributed by atoms with E-state index in [0.717, 1.165) is 18.6 Å². The summed E-state index contributed by atoms with van der Waals surface area (Å²) < 4.78 is 19.6. The van der Waals surface area contributed by atoms with Crippen LogP contribution < -0.4 is 14.8 Å². The molecule has 112 valence electrons. The minimum atomic E-state index is -0.523. The Morgan fingerprint density at radius 2 is 1.89 bits per heavy atom. The van der Waals surface area contributed by atoms with E-state index in [1.807, 2.05) is 6.92 Å². The van der Waals surface area contributed by atoms with Crippen molar-refractivity contribution in [1.29, 1.82) is 0 Å². The van der Waals surface area contributed by atoms with Crippen LogP contribution in [-0.2, 0) is 14.2 Å². The highest BCUT2D eigenvalue weighted by Gasteiger charge is 1.99. The van der Waals surface area contributed by atoms with Crippen molar-refractivity contribution in [2.24, 2.45) is 0 Å². The Labute approximate surface area is 117 Å². The summed E-state index contributed by atoms with van der Waals surface area (Å²) in [4.78, 5) is 21.7. The molecule has 0 bridgehead atoms. The molecule has 9 heteroatoms. The van der Waals surface area contributed by atoms with E-state index in [9.17, 15) is 9.59 Å². The molecule has 0 unspecified atom stereocenters. The van der Waals surface area contributed by atoms with Crippen LogP contribution in [0.4, 0.5) is 9.59 Å². The molecule has 0 spiro atoms. The lowest BCUT2D eigenvalue weighted by Gasteiger charge is -2.07. The topological polar surface area (TPSA) is 97.9 Å². The maximum Gasteiger partial charge on any atom is 0.417 e. The molecule has 0 aromatic rings. The van der Waals surface area contributed by atoms with E-state index in [1.54, 1.807) is 0 Å². The number of methoxy groups -OCH3 is 1. The molecule has 0 aliphatic carbocycles. The quantitative estimate of drug-likeness (QED) is 0.402. The van der Waals surface area contributed by atoms with Crippen molar-refractivity contribution in [3.05, 3.63) is 0 Å². The normalized spacial score (nSPS) is 9.79. The molecular weight excluding hydrogens is 274 g/mol. The zero-order chi connectivity index (χ0) is 14.3. The zero-order valence-electron chi connectivity index (χ0n) is 11.2. The minimum Gasteiger partial charge on any atom is -0.452 e. The van der Waals surface area contributed by atoms with Crippen molar-refractivity contribution in [1.82, 2.24) is 14.8 Å². The van der Waals surface area contributed by atoms with Crippen LogP contribution in [0.3, 0.4) is 0 Å². The van der Waals surface area contributed by atoms with Crippen molar-refractivity contribution < 1.29 is 23.8 Å². The predicted octanol–water partition coefficient (Wildman–Crippen LogP) is 0.648. The van der Waals surface area contributed by atoms with Gasteiger partial charge in [-0.2, -0.15) is 0 Å². The highest BCUT2D eigenvalue weighted by atomic mass is 32.2. The highest BCUT2D eigenvalue weighted by molar-refractivity contribution is 7.96. The Kier molecular flexibility index (Phi) is 12.4. The molecule has 0 saturated carbocycles. The van der Waals surface area contributed by atoms with Crippen LogP contribution in [-0.4, -0.2) is 52.2 Å². The molecule has 0 heterocycles. The van der Waals surface area contributed by atoms with E-state index in [4.69, 9.17) is 9.47 Å². The van der Waals surface area contributed by atoms with E-state index in [-0.39, 0.29) is 6.61 Å². The van der Waals surface area contributed by atoms with Crippen molar-refractivity contribution in [2.45, 2.75) is 13.3 Å². The maximum atomic E-state index is 11.0. The fourth-order valence-electron chi connectivity index (χ4n) is 0.858. The number of rotatable bonds is 10. The summed E-state index contributed by atoms with van der Waals surface area (Å²) in [5, 5.41) is 2.58. The number of hydrogen-bond acceptors (Lipinski definition) is 7. The molecule has 0 saturated heterocycles. The van der Waals surface area contributed by atoms with Crippen LogP contribution in [0.5, 0.6) is 0 Å². The fourth-order valence-corrected chi connectivity index (χ4v) is 1.28. The van der Waals surface area contributed by atoms with Gasteiger partial charge in [0.25, 0.3) is 0 Å². The molecule has 19 heavy (non-hydrogen) atoms. The average molecular weight is 295 g/mol. The van der Waals surface area contributed by atoms with Gasteiger partial charge in [0.1, 0.15) is 6.61 Å². The van der Waals surface area contributed by atoms with Gasteiger partial charge < -0.3 is 19.5 Å². The summed E-state index contributed by atoms with van der Waals surface area (Å²) in [6.45, 7) is 4.09. The molecule has 3 N–H and O–H groups in total. The molecule has 0 atom stereocenters. The van der Waals surface area contributed by atoms with Gasteiger partial charge in [-0.15, -0.1) is 0 Å². The second-order valence-corrected chi connectivity index (χ2v) is 3.96. The molecule has 0 aliphatic rings. The van der Waals surface area contributed by atoms with Crippen molar-refractivity contribution in [3.8, 4) is 0 Å². The van der Waals surface area contributed by atoms with Crippen LogP contribution in [0, 0.1) is 0 Å². The van der Waals surface area contributed by atoms with E-state index < -0.39 is 12.2 Å². The molecule has 0 aromatic carbocycles. The summed E-state index contributed by atoms with van der Waals surface area (Å²) in [5.74, 6) is 0. The van der Waals surface area contributed by atoms with Crippen LogP contribution >= 0.6 is 12.1 Å². The van der Waals surface area contributed by atoms with Gasteiger partial charge in [-0.1, -0.05) is 6.92 Å². The zero-order valence-corrected chi connectivity index (χ0v) is 12.0. The molecule has 0 aromatic heterocycles. The second kappa shape index (κ2) is 13.2. The Balaban J connectivity index is 3.14. The molecular formula is C10H21N3O5S. The molecule has 2 amide bonds. The van der Waals surface area contributed by atoms with Gasteiger partial charge in [-0.3, -0.25) is 4.72 Å². The standard InChI is InChI=1S/C10H21N3O5S/c1-3-4-11-9(14)18-8-7-17-6-5-12-19-13-10(15)16-2/h12H,3-8H2,1-2H3,(H,11,14)(H,13,15). The summed E-state index contributed by atoms with van der Waals surface area (Å²) in [6.07, 6.45) is -0.0829. The third-order valence-corrected chi connectivity index (χ3v) is 2.34. The Hall–Kier alpha value is -1.19. The van der Waals surface area contributed by atoms with Crippen LogP contribution in [0.25, 0.3) is 0 Å². The molecule has 0 rings (SSSR count). The van der Waals surface area contributed by atoms with Crippen LogP contribution in [0.15, 0.2) is 0 Å². The van der Waals surface area contributed by atoms with E-state index in [1.165, 1.54) is 7.11 Å². The average Bonchev–Trinajstić information content (AvgIpc) is 2.42. The number of alkyl carbamates (subject to hydrolysis) is 1. The number of carbonyl (C=O) groups excluding carboxylic acids is 2. The van der Waals surface area contributed by atoms with Gasteiger partial charge >= 0.3 is 12.2 Å². The number of nitrogens with one attached hydrogen (secondary N) is 3. The minimum absolute atomic E-state index is 0.211. The summed E-state index contributed by atoms with van der Waals surface area (Å²) in [5.41, 5.74) is 0. The van der Waals surface area contributed by atoms with Gasteiger partial charge in [0, 0.05) is 25.2 Å². The highest BCUT2D eigenvalue weighted by Crippen LogP contribution is 1.86. The number of hydrogen-bond donors (Lipinski definition) is 3. The smallest absolute Gasteiger partial charge is 0.417 e. The summed E-state index contributed by atoms with van der Waals surface area (Å²) in [6, 6.07) is 0. The van der Waals surface area contributed by atoms with E-state index in [0.29, 0.717) is 26.3 Å². The van der Waals surface area contributed by atoms with Gasteiger partial charge in [-0.05, 0) is 6.42 Å². The first kappa shape index (κ1) is 17.8. The summed E-state index contributed by atoms with van der Waals surface area (Å²) >= 11 is 1.01. The molecule has 0 radical (unpaired) electrons. The third kappa shape index (κ3) is 13.0. The Morgan fingerprint density at radius 1 is 1.11 bits per heavy atom. The second-order valence-electron chi connectivity index (χ2n) is 3.27. The van der Waals surface area contributed by atoms with Crippen molar-refractivity contribution in [3.63, 3.8) is 0 Å². The van der Waals surface area contributed by atoms with E-state index in [2.05, 4.69) is 19.5 Å². The third-order valence-electron chi connectivity index (χ3n) is 1.72. The monoisotopic (exact) mass is 295 g/mol. The largest absolute Gasteiger partial charge is 0.452 e. The number of amides is 2. The molecule has 0 aliphatic heterocycles. The van der Waals surface area contributed by atoms with Gasteiger partial charge in [0.15, 0.2) is 0 Å². The van der Waals surface area contributed by atoms with Crippen molar-refractivity contribution in [2.75, 3.05) is 40.0 Å². The SMILES string of the molecule is CCCNC(=O)OCCOCCNSNC(=O)OC. The van der Waals surface area contributed by atoms with E-state index >= 15 is 0 Å². The first-order valence-corrected chi connectivity index (χ1v) is 6.73.